The third kappa shape index (κ3) is 7.09. The third-order valence-electron chi connectivity index (χ3n) is 3.67. The highest BCUT2D eigenvalue weighted by Gasteiger charge is 2.31. The maximum Gasteiger partial charge on any atom is 0.573 e. The van der Waals surface area contributed by atoms with Crippen molar-refractivity contribution < 1.29 is 17.9 Å². The average Bonchev–Trinajstić information content (AvgIpc) is 3.12. The molecule has 0 fully saturated rings. The number of rotatable bonds is 5. The van der Waals surface area contributed by atoms with Gasteiger partial charge in [-0.15, -0.1) is 13.2 Å². The van der Waals surface area contributed by atoms with Crippen molar-refractivity contribution in [3.05, 3.63) is 52.9 Å². The Morgan fingerprint density at radius 1 is 1.13 bits per heavy atom. The first-order valence-corrected chi connectivity index (χ1v) is 10.2. The first-order valence-electron chi connectivity index (χ1n) is 9.85. The maximum absolute atomic E-state index is 12.3. The van der Waals surface area contributed by atoms with Gasteiger partial charge in [0.2, 0.25) is 0 Å². The van der Waals surface area contributed by atoms with Gasteiger partial charge in [-0.3, -0.25) is 0 Å². The van der Waals surface area contributed by atoms with Crippen molar-refractivity contribution in [3.63, 3.8) is 0 Å². The van der Waals surface area contributed by atoms with Gasteiger partial charge in [-0.2, -0.15) is 5.10 Å². The van der Waals surface area contributed by atoms with Gasteiger partial charge in [0.05, 0.1) is 17.6 Å². The van der Waals surface area contributed by atoms with E-state index in [1.807, 2.05) is 41.5 Å². The topological polar surface area (TPSA) is 51.5 Å². The zero-order chi connectivity index (χ0) is 22.9. The predicted octanol–water partition coefficient (Wildman–Crippen LogP) is 7.07. The number of hydrogen-bond acceptors (Lipinski definition) is 4. The van der Waals surface area contributed by atoms with Crippen LogP contribution in [0.4, 0.5) is 18.9 Å². The van der Waals surface area contributed by atoms with Crippen LogP contribution in [-0.4, -0.2) is 21.0 Å². The fourth-order valence-corrected chi connectivity index (χ4v) is 2.71. The van der Waals surface area contributed by atoms with E-state index in [1.165, 1.54) is 18.2 Å². The highest BCUT2D eigenvalue weighted by atomic mass is 35.5. The molecule has 9 heteroatoms. The van der Waals surface area contributed by atoms with Crippen molar-refractivity contribution in [2.24, 2.45) is 0 Å². The van der Waals surface area contributed by atoms with Crippen molar-refractivity contribution in [3.8, 4) is 5.75 Å². The fraction of sp³-hybridized carbons (Fsp3) is 0.429. The molecule has 0 saturated heterocycles. The number of aromatic nitrogens is 3. The number of nitrogens with zero attached hydrogens (tertiary/aromatic N) is 3. The second-order valence-electron chi connectivity index (χ2n) is 6.00. The third-order valence-corrected chi connectivity index (χ3v) is 3.86. The molecule has 0 unspecified atom stereocenters. The van der Waals surface area contributed by atoms with E-state index < -0.39 is 6.36 Å². The van der Waals surface area contributed by atoms with Crippen molar-refractivity contribution in [1.29, 1.82) is 0 Å². The summed E-state index contributed by atoms with van der Waals surface area (Å²) in [5, 5.41) is 7.69. The number of nitrogens with one attached hydrogen (secondary N) is 1. The van der Waals surface area contributed by atoms with Crippen molar-refractivity contribution in [1.82, 2.24) is 14.6 Å². The van der Waals surface area contributed by atoms with E-state index in [0.29, 0.717) is 16.9 Å². The number of benzene rings is 1. The van der Waals surface area contributed by atoms with Gasteiger partial charge >= 0.3 is 6.36 Å². The van der Waals surface area contributed by atoms with E-state index in [4.69, 9.17) is 11.6 Å². The fourth-order valence-electron chi connectivity index (χ4n) is 2.53. The minimum absolute atomic E-state index is 0.208. The number of fused-ring (bicyclic) bond motifs is 1. The van der Waals surface area contributed by atoms with Crippen LogP contribution >= 0.6 is 11.6 Å². The smallest absolute Gasteiger partial charge is 0.406 e. The molecule has 166 valence electrons. The molecule has 0 amide bonds. The Balaban J connectivity index is 0.00000106. The molecule has 3 aromatic rings. The van der Waals surface area contributed by atoms with Crippen molar-refractivity contribution in [2.45, 2.75) is 60.4 Å². The van der Waals surface area contributed by atoms with E-state index >= 15 is 0 Å². The highest BCUT2D eigenvalue weighted by Crippen LogP contribution is 2.26. The van der Waals surface area contributed by atoms with Gasteiger partial charge in [-0.05, 0) is 23.6 Å². The molecule has 0 radical (unpaired) electrons. The Morgan fingerprint density at radius 3 is 2.40 bits per heavy atom. The van der Waals surface area contributed by atoms with E-state index in [2.05, 4.69) is 20.1 Å². The summed E-state index contributed by atoms with van der Waals surface area (Å²) in [4.78, 5) is 4.37. The zero-order valence-electron chi connectivity index (χ0n) is 18.0. The van der Waals surface area contributed by atoms with Crippen LogP contribution in [0.2, 0.25) is 5.15 Å². The summed E-state index contributed by atoms with van der Waals surface area (Å²) >= 11 is 6.09. The quantitative estimate of drug-likeness (QED) is 0.457. The van der Waals surface area contributed by atoms with Crippen LogP contribution in [0.3, 0.4) is 0 Å². The number of halogens is 4. The Morgan fingerprint density at radius 2 is 1.80 bits per heavy atom. The zero-order valence-corrected chi connectivity index (χ0v) is 18.8. The van der Waals surface area contributed by atoms with Gasteiger partial charge in [0.15, 0.2) is 10.8 Å². The van der Waals surface area contributed by atoms with Crippen molar-refractivity contribution in [2.75, 3.05) is 5.32 Å². The van der Waals surface area contributed by atoms with E-state index in [9.17, 15) is 13.2 Å². The summed E-state index contributed by atoms with van der Waals surface area (Å²) in [7, 11) is 0. The molecule has 0 bridgehead atoms. The van der Waals surface area contributed by atoms with Crippen LogP contribution in [0, 0.1) is 0 Å². The van der Waals surface area contributed by atoms with Crippen LogP contribution in [-0.2, 0) is 6.54 Å². The molecular formula is C21H28ClF3N4O. The molecule has 5 nitrogen and oxygen atoms in total. The second-order valence-corrected chi connectivity index (χ2v) is 6.39. The Labute approximate surface area is 180 Å². The first-order chi connectivity index (χ1) is 14.2. The summed E-state index contributed by atoms with van der Waals surface area (Å²) in [6.07, 6.45) is -2.99. The van der Waals surface area contributed by atoms with Crippen LogP contribution in [0.25, 0.3) is 5.65 Å². The van der Waals surface area contributed by atoms with Gasteiger partial charge < -0.3 is 10.1 Å². The lowest BCUT2D eigenvalue weighted by Gasteiger charge is -2.12. The Kier molecular flexibility index (Phi) is 9.92. The molecule has 2 aromatic heterocycles. The molecule has 0 aliphatic rings. The lowest BCUT2D eigenvalue weighted by molar-refractivity contribution is -0.274. The summed E-state index contributed by atoms with van der Waals surface area (Å²) in [6, 6.07) is 7.40. The molecule has 0 aliphatic heterocycles. The van der Waals surface area contributed by atoms with E-state index in [-0.39, 0.29) is 23.4 Å². The maximum atomic E-state index is 12.3. The standard InChI is InChI=1S/C17H16ClF3N4O.2C2H6/c1-10(2)14-9-23-16-13(7-15(18)24-25(14)16)22-8-11-4-3-5-12(6-11)26-17(19,20)21;2*1-2/h3-7,9-10,22H,8H2,1-2H3;2*1-2H3. The monoisotopic (exact) mass is 444 g/mol. The number of ether oxygens (including phenoxy) is 1. The van der Waals surface area contributed by atoms with Gasteiger partial charge in [-0.25, -0.2) is 9.50 Å². The normalized spacial score (nSPS) is 10.8. The first kappa shape index (κ1) is 25.6. The van der Waals surface area contributed by atoms with Crippen LogP contribution in [0.1, 0.15) is 58.7 Å². The molecule has 1 aromatic carbocycles. The van der Waals surface area contributed by atoms with Gasteiger partial charge in [0, 0.05) is 12.6 Å². The molecule has 0 spiro atoms. The van der Waals surface area contributed by atoms with E-state index in [0.717, 1.165) is 5.69 Å². The molecule has 0 saturated carbocycles. The van der Waals surface area contributed by atoms with Crippen LogP contribution in [0.5, 0.6) is 5.75 Å². The predicted molar refractivity (Wildman–Crippen MR) is 115 cm³/mol. The molecule has 1 N–H and O–H groups in total. The molecule has 0 aliphatic carbocycles. The molecular weight excluding hydrogens is 417 g/mol. The summed E-state index contributed by atoms with van der Waals surface area (Å²) in [5.74, 6) is -0.0578. The minimum atomic E-state index is -4.72. The largest absolute Gasteiger partial charge is 0.573 e. The van der Waals surface area contributed by atoms with Gasteiger partial charge in [0.25, 0.3) is 0 Å². The number of alkyl halides is 3. The van der Waals surface area contributed by atoms with E-state index in [1.54, 1.807) is 22.8 Å². The van der Waals surface area contributed by atoms with Gasteiger partial charge in [-0.1, -0.05) is 65.3 Å². The molecule has 0 atom stereocenters. The number of hydrogen-bond donors (Lipinski definition) is 1. The Bertz CT molecular complexity index is 926. The van der Waals surface area contributed by atoms with Crippen LogP contribution in [0.15, 0.2) is 36.5 Å². The SMILES string of the molecule is CC.CC.CC(C)c1cnc2c(NCc3cccc(OC(F)(F)F)c3)cc(Cl)nn12. The number of anilines is 1. The lowest BCUT2D eigenvalue weighted by atomic mass is 10.2. The number of imidazole rings is 1. The molecule has 3 rings (SSSR count). The van der Waals surface area contributed by atoms with Gasteiger partial charge in [0.1, 0.15) is 5.75 Å². The average molecular weight is 445 g/mol. The summed E-state index contributed by atoms with van der Waals surface area (Å²) in [6.45, 7) is 12.3. The second kappa shape index (κ2) is 11.6. The lowest BCUT2D eigenvalue weighted by Crippen LogP contribution is -2.17. The minimum Gasteiger partial charge on any atom is -0.406 e. The summed E-state index contributed by atoms with van der Waals surface area (Å²) < 4.78 is 42.6. The van der Waals surface area contributed by atoms with Crippen LogP contribution < -0.4 is 10.1 Å². The highest BCUT2D eigenvalue weighted by molar-refractivity contribution is 6.29. The molecule has 2 heterocycles. The van der Waals surface area contributed by atoms with Crippen molar-refractivity contribution >= 4 is 22.9 Å². The Hall–Kier alpha value is -2.48. The molecule has 30 heavy (non-hydrogen) atoms. The summed E-state index contributed by atoms with van der Waals surface area (Å²) in [5.41, 5.74) is 2.76.